The first-order valence-corrected chi connectivity index (χ1v) is 12.1. The SMILES string of the molecule is Cn1cnnc1-c1cnn(C)c1-c1cccc(-c2nc3cc(N[C@H]4CCC[C@@H]4O)cc(C(F)(F)F)c3o2)c1. The normalized spacial score (nSPS) is 17.9. The van der Waals surface area contributed by atoms with E-state index in [0.29, 0.717) is 24.2 Å². The highest BCUT2D eigenvalue weighted by Gasteiger charge is 2.36. The van der Waals surface area contributed by atoms with E-state index in [9.17, 15) is 18.3 Å². The summed E-state index contributed by atoms with van der Waals surface area (Å²) < 4.78 is 51.3. The van der Waals surface area contributed by atoms with E-state index in [1.54, 1.807) is 47.0 Å². The molecule has 2 N–H and O–H groups in total. The molecule has 0 saturated heterocycles. The predicted octanol–water partition coefficient (Wildman–Crippen LogP) is 5.03. The van der Waals surface area contributed by atoms with Gasteiger partial charge in [0.25, 0.3) is 0 Å². The molecule has 0 spiro atoms. The van der Waals surface area contributed by atoms with E-state index in [2.05, 4.69) is 25.6 Å². The van der Waals surface area contributed by atoms with Crippen molar-refractivity contribution in [2.24, 2.45) is 14.1 Å². The van der Waals surface area contributed by atoms with E-state index < -0.39 is 17.8 Å². The molecule has 0 bridgehead atoms. The molecule has 0 aliphatic heterocycles. The Kier molecular flexibility index (Phi) is 5.71. The minimum absolute atomic E-state index is 0.0628. The number of aliphatic hydroxyl groups is 1. The highest BCUT2D eigenvalue weighted by molar-refractivity contribution is 5.85. The number of aryl methyl sites for hydroxylation is 2. The van der Waals surface area contributed by atoms with Crippen molar-refractivity contribution in [1.29, 1.82) is 0 Å². The van der Waals surface area contributed by atoms with Gasteiger partial charge < -0.3 is 19.4 Å². The lowest BCUT2D eigenvalue weighted by atomic mass is 10.0. The van der Waals surface area contributed by atoms with Crippen molar-refractivity contribution in [2.75, 3.05) is 5.32 Å². The Labute approximate surface area is 214 Å². The van der Waals surface area contributed by atoms with Crippen LogP contribution in [0.3, 0.4) is 0 Å². The molecule has 3 aromatic heterocycles. The molecule has 2 atom stereocenters. The second-order valence-electron chi connectivity index (χ2n) is 9.51. The molecule has 0 amide bonds. The third-order valence-electron chi connectivity index (χ3n) is 6.90. The molecule has 1 fully saturated rings. The number of nitrogens with zero attached hydrogens (tertiary/aromatic N) is 6. The summed E-state index contributed by atoms with van der Waals surface area (Å²) in [5.41, 5.74) is 1.85. The van der Waals surface area contributed by atoms with Gasteiger partial charge in [0.1, 0.15) is 17.4 Å². The van der Waals surface area contributed by atoms with E-state index >= 15 is 0 Å². The van der Waals surface area contributed by atoms with Crippen LogP contribution in [0.15, 0.2) is 53.3 Å². The first kappa shape index (κ1) is 24.2. The number of oxazole rings is 1. The van der Waals surface area contributed by atoms with Crippen LogP contribution >= 0.6 is 0 Å². The van der Waals surface area contributed by atoms with Crippen LogP contribution in [0.2, 0.25) is 0 Å². The van der Waals surface area contributed by atoms with Gasteiger partial charge in [-0.15, -0.1) is 10.2 Å². The number of alkyl halides is 3. The Morgan fingerprint density at radius 2 is 1.92 bits per heavy atom. The van der Waals surface area contributed by atoms with Gasteiger partial charge in [0.05, 0.1) is 29.6 Å². The molecule has 6 rings (SSSR count). The van der Waals surface area contributed by atoms with Crippen LogP contribution in [0, 0.1) is 0 Å². The van der Waals surface area contributed by atoms with Crippen LogP contribution in [0.5, 0.6) is 0 Å². The van der Waals surface area contributed by atoms with Crippen LogP contribution in [0.25, 0.3) is 45.2 Å². The Morgan fingerprint density at radius 3 is 2.63 bits per heavy atom. The Hall–Kier alpha value is -4.19. The van der Waals surface area contributed by atoms with Gasteiger partial charge in [0, 0.05) is 30.9 Å². The number of benzene rings is 2. The summed E-state index contributed by atoms with van der Waals surface area (Å²) in [7, 11) is 3.63. The van der Waals surface area contributed by atoms with E-state index in [4.69, 9.17) is 4.42 Å². The molecule has 196 valence electrons. The average Bonchev–Trinajstić information content (AvgIpc) is 3.66. The zero-order chi connectivity index (χ0) is 26.6. The number of nitrogens with one attached hydrogen (secondary N) is 1. The van der Waals surface area contributed by atoms with Crippen molar-refractivity contribution in [3.63, 3.8) is 0 Å². The van der Waals surface area contributed by atoms with E-state index in [1.807, 2.05) is 13.1 Å². The molecule has 2 aromatic carbocycles. The lowest BCUT2D eigenvalue weighted by Crippen LogP contribution is -2.28. The summed E-state index contributed by atoms with van der Waals surface area (Å²) in [5, 5.41) is 25.7. The van der Waals surface area contributed by atoms with Gasteiger partial charge in [0.2, 0.25) is 5.89 Å². The van der Waals surface area contributed by atoms with E-state index in [1.165, 1.54) is 6.07 Å². The highest BCUT2D eigenvalue weighted by Crippen LogP contribution is 2.40. The fourth-order valence-corrected chi connectivity index (χ4v) is 5.04. The second-order valence-corrected chi connectivity index (χ2v) is 9.51. The zero-order valence-electron chi connectivity index (χ0n) is 20.6. The molecule has 1 saturated carbocycles. The maximum absolute atomic E-state index is 14.0. The van der Waals surface area contributed by atoms with Crippen molar-refractivity contribution in [3.05, 3.63) is 54.5 Å². The van der Waals surface area contributed by atoms with Gasteiger partial charge in [-0.2, -0.15) is 18.3 Å². The minimum Gasteiger partial charge on any atom is -0.435 e. The first-order chi connectivity index (χ1) is 18.2. The molecule has 0 unspecified atom stereocenters. The van der Waals surface area contributed by atoms with Gasteiger partial charge in [-0.1, -0.05) is 12.1 Å². The Balaban J connectivity index is 1.43. The predicted molar refractivity (Wildman–Crippen MR) is 134 cm³/mol. The largest absolute Gasteiger partial charge is 0.435 e. The minimum atomic E-state index is -4.65. The van der Waals surface area contributed by atoms with Gasteiger partial charge in [-0.3, -0.25) is 4.68 Å². The molecular weight excluding hydrogens is 499 g/mol. The second kappa shape index (κ2) is 8.98. The van der Waals surface area contributed by atoms with Crippen molar-refractivity contribution >= 4 is 16.8 Å². The van der Waals surface area contributed by atoms with Crippen molar-refractivity contribution < 1.29 is 22.7 Å². The monoisotopic (exact) mass is 523 g/mol. The number of anilines is 1. The molecule has 3 heterocycles. The van der Waals surface area contributed by atoms with Crippen LogP contribution in [-0.2, 0) is 20.3 Å². The molecule has 0 radical (unpaired) electrons. The number of aromatic nitrogens is 6. The lowest BCUT2D eigenvalue weighted by Gasteiger charge is -2.18. The summed E-state index contributed by atoms with van der Waals surface area (Å²) in [4.78, 5) is 4.42. The maximum Gasteiger partial charge on any atom is 0.420 e. The van der Waals surface area contributed by atoms with Gasteiger partial charge in [-0.05, 0) is 43.5 Å². The number of hydrogen-bond acceptors (Lipinski definition) is 7. The quantitative estimate of drug-likeness (QED) is 0.333. The molecular formula is C26H24F3N7O2. The summed E-state index contributed by atoms with van der Waals surface area (Å²) in [6.45, 7) is 0. The number of fused-ring (bicyclic) bond motifs is 1. The van der Waals surface area contributed by atoms with Crippen LogP contribution < -0.4 is 5.32 Å². The third kappa shape index (κ3) is 4.20. The average molecular weight is 524 g/mol. The summed E-state index contributed by atoms with van der Waals surface area (Å²) in [6.07, 6.45) is 0.142. The highest BCUT2D eigenvalue weighted by atomic mass is 19.4. The first-order valence-electron chi connectivity index (χ1n) is 12.1. The number of halogens is 3. The number of aliphatic hydroxyl groups excluding tert-OH is 1. The third-order valence-corrected chi connectivity index (χ3v) is 6.90. The molecule has 9 nitrogen and oxygen atoms in total. The number of hydrogen-bond donors (Lipinski definition) is 2. The topological polar surface area (TPSA) is 107 Å². The van der Waals surface area contributed by atoms with E-state index in [-0.39, 0.29) is 28.7 Å². The fraction of sp³-hybridized carbons (Fsp3) is 0.308. The number of rotatable bonds is 5. The molecule has 5 aromatic rings. The van der Waals surface area contributed by atoms with Crippen LogP contribution in [0.4, 0.5) is 18.9 Å². The standard InChI is InChI=1S/C26H24F3N7O2/c1-35-13-30-34-24(35)17-12-31-36(2)22(17)14-5-3-6-15(9-14)25-33-20-11-16(32-19-7-4-8-21(19)37)10-18(23(20)38-25)26(27,28)29/h3,5-6,9-13,19,21,32,37H,4,7-8H2,1-2H3/t19-,21-/m0/s1. The van der Waals surface area contributed by atoms with Gasteiger partial charge in [-0.25, -0.2) is 4.98 Å². The van der Waals surface area contributed by atoms with Gasteiger partial charge >= 0.3 is 6.18 Å². The van der Waals surface area contributed by atoms with Crippen molar-refractivity contribution in [1.82, 2.24) is 29.5 Å². The molecule has 1 aliphatic carbocycles. The van der Waals surface area contributed by atoms with Crippen LogP contribution in [-0.4, -0.2) is 46.8 Å². The Morgan fingerprint density at radius 1 is 1.11 bits per heavy atom. The van der Waals surface area contributed by atoms with Crippen LogP contribution in [0.1, 0.15) is 24.8 Å². The molecule has 1 aliphatic rings. The fourth-order valence-electron chi connectivity index (χ4n) is 5.04. The lowest BCUT2D eigenvalue weighted by molar-refractivity contribution is -0.136. The maximum atomic E-state index is 14.0. The van der Waals surface area contributed by atoms with Crippen molar-refractivity contribution in [2.45, 2.75) is 37.6 Å². The summed E-state index contributed by atoms with van der Waals surface area (Å²) in [6, 6.07) is 9.42. The van der Waals surface area contributed by atoms with E-state index in [0.717, 1.165) is 29.3 Å². The van der Waals surface area contributed by atoms with Gasteiger partial charge in [0.15, 0.2) is 11.4 Å². The molecule has 38 heavy (non-hydrogen) atoms. The summed E-state index contributed by atoms with van der Waals surface area (Å²) >= 11 is 0. The Bertz CT molecular complexity index is 1640. The zero-order valence-corrected chi connectivity index (χ0v) is 20.6. The summed E-state index contributed by atoms with van der Waals surface area (Å²) in [5.74, 6) is 0.690. The molecule has 12 heteroatoms. The smallest absolute Gasteiger partial charge is 0.420 e. The van der Waals surface area contributed by atoms with Crippen molar-refractivity contribution in [3.8, 4) is 34.1 Å².